The molecule has 1 N–H and O–H groups in total. The molecule has 0 aromatic heterocycles. The van der Waals surface area contributed by atoms with Crippen molar-refractivity contribution < 1.29 is 4.84 Å². The largest absolute Gasteiger partial charge is 0.301 e. The molecule has 2 nitrogen and oxygen atoms in total. The fourth-order valence-corrected chi connectivity index (χ4v) is 2.44. The predicted octanol–water partition coefficient (Wildman–Crippen LogP) is 3.38. The van der Waals surface area contributed by atoms with E-state index in [1.165, 1.54) is 19.3 Å². The molecule has 0 bridgehead atoms. The summed E-state index contributed by atoms with van der Waals surface area (Å²) in [5, 5.41) is 0. The maximum Gasteiger partial charge on any atom is 0.0705 e. The summed E-state index contributed by atoms with van der Waals surface area (Å²) in [6, 6.07) is 0.553. The van der Waals surface area contributed by atoms with E-state index in [1.54, 1.807) is 0 Å². The van der Waals surface area contributed by atoms with Crippen LogP contribution in [0, 0.1) is 17.3 Å². The molecule has 90 valence electrons. The van der Waals surface area contributed by atoms with Gasteiger partial charge in [0.1, 0.15) is 0 Å². The van der Waals surface area contributed by atoms with Crippen molar-refractivity contribution in [3.8, 4) is 0 Å². The van der Waals surface area contributed by atoms with Gasteiger partial charge in [-0.15, -0.1) is 0 Å². The van der Waals surface area contributed by atoms with E-state index in [2.05, 4.69) is 40.1 Å². The average molecular weight is 213 g/mol. The standard InChI is InChI=1S/C13H27NO/c1-10(2)9-15-14-12-6-7-13(4,5)8-11(12)3/h10-12,14H,6-9H2,1-5H3. The quantitative estimate of drug-likeness (QED) is 0.723. The highest BCUT2D eigenvalue weighted by atomic mass is 16.6. The summed E-state index contributed by atoms with van der Waals surface area (Å²) in [6.07, 6.45) is 3.85. The van der Waals surface area contributed by atoms with Crippen molar-refractivity contribution in [3.63, 3.8) is 0 Å². The summed E-state index contributed by atoms with van der Waals surface area (Å²) in [4.78, 5) is 5.52. The van der Waals surface area contributed by atoms with Crippen LogP contribution in [0.25, 0.3) is 0 Å². The summed E-state index contributed by atoms with van der Waals surface area (Å²) in [5.74, 6) is 1.33. The van der Waals surface area contributed by atoms with Gasteiger partial charge in [-0.2, -0.15) is 5.48 Å². The monoisotopic (exact) mass is 213 g/mol. The number of hydrogen-bond acceptors (Lipinski definition) is 2. The van der Waals surface area contributed by atoms with Gasteiger partial charge in [-0.05, 0) is 36.5 Å². The van der Waals surface area contributed by atoms with Gasteiger partial charge >= 0.3 is 0 Å². The van der Waals surface area contributed by atoms with Gasteiger partial charge in [0.15, 0.2) is 0 Å². The fraction of sp³-hybridized carbons (Fsp3) is 1.00. The Morgan fingerprint density at radius 1 is 1.40 bits per heavy atom. The maximum absolute atomic E-state index is 5.52. The Labute approximate surface area is 94.7 Å². The molecule has 0 aromatic carbocycles. The summed E-state index contributed by atoms with van der Waals surface area (Å²) in [6.45, 7) is 12.2. The molecular formula is C13H27NO. The third kappa shape index (κ3) is 4.52. The van der Waals surface area contributed by atoms with E-state index in [-0.39, 0.29) is 0 Å². The Balaban J connectivity index is 2.26. The predicted molar refractivity (Wildman–Crippen MR) is 64.5 cm³/mol. The van der Waals surface area contributed by atoms with Crippen LogP contribution in [0.2, 0.25) is 0 Å². The zero-order valence-corrected chi connectivity index (χ0v) is 11.0. The van der Waals surface area contributed by atoms with Crippen LogP contribution in [-0.4, -0.2) is 12.6 Å². The van der Waals surface area contributed by atoms with Gasteiger partial charge in [0, 0.05) is 6.04 Å². The molecule has 1 saturated carbocycles. The molecule has 0 saturated heterocycles. The molecule has 2 heteroatoms. The van der Waals surface area contributed by atoms with Crippen molar-refractivity contribution in [2.24, 2.45) is 17.3 Å². The summed E-state index contributed by atoms with van der Waals surface area (Å²) < 4.78 is 0. The van der Waals surface area contributed by atoms with Crippen LogP contribution in [0.3, 0.4) is 0 Å². The van der Waals surface area contributed by atoms with Crippen molar-refractivity contribution in [3.05, 3.63) is 0 Å². The maximum atomic E-state index is 5.52. The van der Waals surface area contributed by atoms with Gasteiger partial charge in [-0.25, -0.2) is 0 Å². The summed E-state index contributed by atoms with van der Waals surface area (Å²) in [5.41, 5.74) is 3.76. The van der Waals surface area contributed by atoms with Gasteiger partial charge in [0.05, 0.1) is 6.61 Å². The van der Waals surface area contributed by atoms with Crippen LogP contribution in [0.5, 0.6) is 0 Å². The van der Waals surface area contributed by atoms with E-state index in [9.17, 15) is 0 Å². The molecular weight excluding hydrogens is 186 g/mol. The van der Waals surface area contributed by atoms with E-state index in [1.807, 2.05) is 0 Å². The number of hydroxylamine groups is 1. The second-order valence-corrected chi connectivity index (χ2v) is 6.31. The molecule has 2 atom stereocenters. The number of rotatable bonds is 4. The lowest BCUT2D eigenvalue weighted by Gasteiger charge is -2.39. The van der Waals surface area contributed by atoms with E-state index < -0.39 is 0 Å². The van der Waals surface area contributed by atoms with Gasteiger partial charge in [0.2, 0.25) is 0 Å². The van der Waals surface area contributed by atoms with Crippen LogP contribution in [-0.2, 0) is 4.84 Å². The lowest BCUT2D eigenvalue weighted by molar-refractivity contribution is -0.0306. The molecule has 0 spiro atoms. The molecule has 0 aromatic rings. The van der Waals surface area contributed by atoms with E-state index in [4.69, 9.17) is 4.84 Å². The van der Waals surface area contributed by atoms with Gasteiger partial charge in [0.25, 0.3) is 0 Å². The number of hydrogen-bond donors (Lipinski definition) is 1. The molecule has 1 rings (SSSR count). The zero-order chi connectivity index (χ0) is 11.5. The minimum Gasteiger partial charge on any atom is -0.301 e. The highest BCUT2D eigenvalue weighted by Gasteiger charge is 2.32. The molecule has 2 unspecified atom stereocenters. The van der Waals surface area contributed by atoms with Crippen molar-refractivity contribution in [2.75, 3.05) is 6.61 Å². The Kier molecular flexibility index (Phi) is 4.60. The van der Waals surface area contributed by atoms with Gasteiger partial charge in [-0.1, -0.05) is 34.6 Å². The first-order valence-corrected chi connectivity index (χ1v) is 6.28. The Morgan fingerprint density at radius 3 is 2.60 bits per heavy atom. The SMILES string of the molecule is CC(C)CONC1CCC(C)(C)CC1C. The topological polar surface area (TPSA) is 21.3 Å². The molecule has 0 amide bonds. The van der Waals surface area contributed by atoms with Crippen molar-refractivity contribution in [1.29, 1.82) is 0 Å². The molecule has 1 aliphatic rings. The second kappa shape index (κ2) is 5.31. The van der Waals surface area contributed by atoms with E-state index in [0.717, 1.165) is 12.5 Å². The molecule has 15 heavy (non-hydrogen) atoms. The minimum atomic E-state index is 0.523. The fourth-order valence-electron chi connectivity index (χ4n) is 2.44. The number of nitrogens with one attached hydrogen (secondary N) is 1. The van der Waals surface area contributed by atoms with Crippen molar-refractivity contribution in [1.82, 2.24) is 5.48 Å². The summed E-state index contributed by atoms with van der Waals surface area (Å²) in [7, 11) is 0. The Hall–Kier alpha value is -0.0800. The molecule has 1 fully saturated rings. The third-order valence-corrected chi connectivity index (χ3v) is 3.34. The van der Waals surface area contributed by atoms with E-state index in [0.29, 0.717) is 17.4 Å². The molecule has 0 heterocycles. The lowest BCUT2D eigenvalue weighted by Crippen LogP contribution is -2.42. The Bertz CT molecular complexity index is 189. The van der Waals surface area contributed by atoms with E-state index >= 15 is 0 Å². The van der Waals surface area contributed by atoms with Crippen LogP contribution >= 0.6 is 0 Å². The molecule has 1 aliphatic carbocycles. The normalized spacial score (nSPS) is 30.8. The Morgan fingerprint density at radius 2 is 2.07 bits per heavy atom. The lowest BCUT2D eigenvalue weighted by atomic mass is 9.71. The van der Waals surface area contributed by atoms with Crippen molar-refractivity contribution in [2.45, 2.75) is 59.9 Å². The first-order valence-electron chi connectivity index (χ1n) is 6.28. The van der Waals surface area contributed by atoms with Crippen LogP contribution in [0.1, 0.15) is 53.9 Å². The molecule has 0 aliphatic heterocycles. The van der Waals surface area contributed by atoms with Gasteiger partial charge in [-0.3, -0.25) is 0 Å². The first-order chi connectivity index (χ1) is 6.91. The van der Waals surface area contributed by atoms with Crippen LogP contribution < -0.4 is 5.48 Å². The highest BCUT2D eigenvalue weighted by molar-refractivity contribution is 4.85. The second-order valence-electron chi connectivity index (χ2n) is 6.31. The first kappa shape index (κ1) is 13.0. The minimum absolute atomic E-state index is 0.523. The third-order valence-electron chi connectivity index (χ3n) is 3.34. The summed E-state index contributed by atoms with van der Waals surface area (Å²) >= 11 is 0. The highest BCUT2D eigenvalue weighted by Crippen LogP contribution is 2.38. The van der Waals surface area contributed by atoms with Crippen LogP contribution in [0.4, 0.5) is 0 Å². The molecule has 0 radical (unpaired) electrons. The van der Waals surface area contributed by atoms with Crippen molar-refractivity contribution >= 4 is 0 Å². The zero-order valence-electron chi connectivity index (χ0n) is 11.0. The smallest absolute Gasteiger partial charge is 0.0705 e. The van der Waals surface area contributed by atoms with Gasteiger partial charge < -0.3 is 4.84 Å². The average Bonchev–Trinajstić information content (AvgIpc) is 2.07. The van der Waals surface area contributed by atoms with Crippen LogP contribution in [0.15, 0.2) is 0 Å².